The first-order valence-electron chi connectivity index (χ1n) is 11.3. The molecule has 2 aromatic rings. The van der Waals surface area contributed by atoms with Gasteiger partial charge in [0.15, 0.2) is 17.4 Å². The van der Waals surface area contributed by atoms with Gasteiger partial charge >= 0.3 is 12.6 Å². The number of carbonyl (C=O) groups excluding carboxylic acids is 1. The number of halogens is 5. The maximum Gasteiger partial charge on any atom is 0.387 e. The van der Waals surface area contributed by atoms with Crippen molar-refractivity contribution in [1.29, 1.82) is 0 Å². The molecule has 2 aliphatic carbocycles. The van der Waals surface area contributed by atoms with Crippen molar-refractivity contribution >= 4 is 5.97 Å². The fraction of sp³-hybridized carbons (Fsp3) is 0.423. The van der Waals surface area contributed by atoms with Gasteiger partial charge in [0, 0.05) is 12.1 Å². The van der Waals surface area contributed by atoms with Gasteiger partial charge in [-0.2, -0.15) is 8.78 Å². The number of hydrogen-bond acceptors (Lipinski definition) is 3. The summed E-state index contributed by atoms with van der Waals surface area (Å²) in [5, 5.41) is 0. The zero-order valence-corrected chi connectivity index (χ0v) is 18.4. The maximum absolute atomic E-state index is 14.9. The van der Waals surface area contributed by atoms with Gasteiger partial charge in [-0.25, -0.2) is 18.0 Å². The van der Waals surface area contributed by atoms with E-state index in [1.54, 1.807) is 6.07 Å². The SMILES string of the molecule is C=CC1CCC2CC(c3ccc(C(=O)Oc4cc(F)c(OC(F)F)c(F)c4)cc3F)CCC2C1. The zero-order chi connectivity index (χ0) is 24.4. The number of esters is 1. The Labute approximate surface area is 194 Å². The van der Waals surface area contributed by atoms with Crippen LogP contribution in [0.25, 0.3) is 0 Å². The van der Waals surface area contributed by atoms with E-state index in [1.807, 2.05) is 6.08 Å². The van der Waals surface area contributed by atoms with Crippen LogP contribution in [0.15, 0.2) is 43.0 Å². The molecule has 0 aromatic heterocycles. The van der Waals surface area contributed by atoms with E-state index >= 15 is 0 Å². The number of alkyl halides is 2. The van der Waals surface area contributed by atoms with E-state index in [0.29, 0.717) is 35.4 Å². The van der Waals surface area contributed by atoms with Crippen LogP contribution < -0.4 is 9.47 Å². The van der Waals surface area contributed by atoms with Crippen molar-refractivity contribution in [3.8, 4) is 11.5 Å². The van der Waals surface area contributed by atoms with Crippen molar-refractivity contribution in [1.82, 2.24) is 0 Å². The average molecular weight is 480 g/mol. The second kappa shape index (κ2) is 10.2. The van der Waals surface area contributed by atoms with Crippen molar-refractivity contribution in [3.63, 3.8) is 0 Å². The molecule has 8 heteroatoms. The second-order valence-electron chi connectivity index (χ2n) is 9.06. The standard InChI is InChI=1S/C26H25F5O3/c1-2-14-3-4-16-10-17(6-5-15(16)9-14)20-8-7-18(11-21(20)27)25(32)33-19-12-22(28)24(23(29)13-19)34-26(30)31/h2,7-8,11-17,26H,1,3-6,9-10H2. The van der Waals surface area contributed by atoms with Crippen LogP contribution in [0, 0.1) is 35.2 Å². The van der Waals surface area contributed by atoms with Gasteiger partial charge in [-0.1, -0.05) is 12.1 Å². The first-order chi connectivity index (χ1) is 16.2. The number of fused-ring (bicyclic) bond motifs is 1. The summed E-state index contributed by atoms with van der Waals surface area (Å²) in [5.41, 5.74) is 0.418. The number of benzene rings is 2. The number of rotatable bonds is 6. The van der Waals surface area contributed by atoms with Gasteiger partial charge in [-0.05, 0) is 79.9 Å². The molecule has 0 radical (unpaired) electrons. The third-order valence-electron chi connectivity index (χ3n) is 7.05. The molecule has 182 valence electrons. The summed E-state index contributed by atoms with van der Waals surface area (Å²) in [6.45, 7) is 0.490. The molecule has 4 rings (SSSR count). The van der Waals surface area contributed by atoms with Crippen molar-refractivity contribution < 1.29 is 36.2 Å². The van der Waals surface area contributed by atoms with Crippen LogP contribution in [0.2, 0.25) is 0 Å². The lowest BCUT2D eigenvalue weighted by Crippen LogP contribution is -2.30. The molecule has 0 bridgehead atoms. The van der Waals surface area contributed by atoms with Gasteiger partial charge in [0.1, 0.15) is 11.6 Å². The normalized spacial score (nSPS) is 24.4. The quantitative estimate of drug-likeness (QED) is 0.187. The average Bonchev–Trinajstić information content (AvgIpc) is 2.80. The van der Waals surface area contributed by atoms with Crippen LogP contribution in [0.3, 0.4) is 0 Å². The van der Waals surface area contributed by atoms with Crippen molar-refractivity contribution in [2.75, 3.05) is 0 Å². The third kappa shape index (κ3) is 5.26. The lowest BCUT2D eigenvalue weighted by atomic mass is 9.64. The molecule has 3 nitrogen and oxygen atoms in total. The fourth-order valence-electron chi connectivity index (χ4n) is 5.37. The predicted molar refractivity (Wildman–Crippen MR) is 115 cm³/mol. The van der Waals surface area contributed by atoms with Crippen molar-refractivity contribution in [3.05, 3.63) is 71.6 Å². The van der Waals surface area contributed by atoms with E-state index in [4.69, 9.17) is 4.74 Å². The third-order valence-corrected chi connectivity index (χ3v) is 7.05. The summed E-state index contributed by atoms with van der Waals surface area (Å²) >= 11 is 0. The molecule has 2 aliphatic rings. The number of ether oxygens (including phenoxy) is 2. The molecule has 0 heterocycles. The van der Waals surface area contributed by atoms with E-state index in [0.717, 1.165) is 44.6 Å². The molecule has 2 fully saturated rings. The largest absolute Gasteiger partial charge is 0.429 e. The first kappa shape index (κ1) is 24.2. The van der Waals surface area contributed by atoms with Crippen LogP contribution in [0.4, 0.5) is 22.0 Å². The van der Waals surface area contributed by atoms with Gasteiger partial charge < -0.3 is 9.47 Å². The van der Waals surface area contributed by atoms with Gasteiger partial charge in [-0.3, -0.25) is 0 Å². The minimum Gasteiger partial charge on any atom is -0.429 e. The molecule has 34 heavy (non-hydrogen) atoms. The van der Waals surface area contributed by atoms with Gasteiger partial charge in [0.25, 0.3) is 0 Å². The second-order valence-corrected chi connectivity index (χ2v) is 9.06. The Kier molecular flexibility index (Phi) is 7.24. The molecule has 0 spiro atoms. The topological polar surface area (TPSA) is 35.5 Å². The number of carbonyl (C=O) groups is 1. The van der Waals surface area contributed by atoms with E-state index in [-0.39, 0.29) is 11.5 Å². The Bertz CT molecular complexity index is 1050. The minimum absolute atomic E-state index is 0.0668. The fourth-order valence-corrected chi connectivity index (χ4v) is 5.37. The summed E-state index contributed by atoms with van der Waals surface area (Å²) in [4.78, 5) is 12.4. The Morgan fingerprint density at radius 3 is 2.26 bits per heavy atom. The number of allylic oxidation sites excluding steroid dienone is 1. The van der Waals surface area contributed by atoms with Crippen molar-refractivity contribution in [2.24, 2.45) is 17.8 Å². The van der Waals surface area contributed by atoms with E-state index in [9.17, 15) is 26.7 Å². The van der Waals surface area contributed by atoms with Crippen LogP contribution in [-0.4, -0.2) is 12.6 Å². The van der Waals surface area contributed by atoms with Crippen LogP contribution >= 0.6 is 0 Å². The van der Waals surface area contributed by atoms with Crippen LogP contribution in [0.1, 0.15) is 60.4 Å². The maximum atomic E-state index is 14.9. The highest BCUT2D eigenvalue weighted by Gasteiger charge is 2.36. The molecule has 0 aliphatic heterocycles. The molecule has 0 N–H and O–H groups in total. The highest BCUT2D eigenvalue weighted by atomic mass is 19.3. The van der Waals surface area contributed by atoms with Gasteiger partial charge in [-0.15, -0.1) is 6.58 Å². The van der Waals surface area contributed by atoms with E-state index < -0.39 is 41.5 Å². The highest BCUT2D eigenvalue weighted by molar-refractivity contribution is 5.91. The molecule has 4 unspecified atom stereocenters. The first-order valence-corrected chi connectivity index (χ1v) is 11.3. The molecule has 2 aromatic carbocycles. The monoisotopic (exact) mass is 480 g/mol. The van der Waals surface area contributed by atoms with Gasteiger partial charge in [0.05, 0.1) is 5.56 Å². The van der Waals surface area contributed by atoms with Crippen LogP contribution in [-0.2, 0) is 0 Å². The summed E-state index contributed by atoms with van der Waals surface area (Å²) in [6, 6.07) is 5.13. The predicted octanol–water partition coefficient (Wildman–Crippen LogP) is 7.41. The Morgan fingerprint density at radius 2 is 1.62 bits per heavy atom. The summed E-state index contributed by atoms with van der Waals surface area (Å²) < 4.78 is 75.8. The molecular weight excluding hydrogens is 455 g/mol. The van der Waals surface area contributed by atoms with Crippen molar-refractivity contribution in [2.45, 2.75) is 51.1 Å². The Hall–Kier alpha value is -2.90. The van der Waals surface area contributed by atoms with Gasteiger partial charge in [0.2, 0.25) is 0 Å². The summed E-state index contributed by atoms with van der Waals surface area (Å²) in [6.07, 6.45) is 8.21. The molecular formula is C26H25F5O3. The molecule has 2 saturated carbocycles. The van der Waals surface area contributed by atoms with E-state index in [2.05, 4.69) is 11.3 Å². The molecule has 0 amide bonds. The Balaban J connectivity index is 1.43. The highest BCUT2D eigenvalue weighted by Crippen LogP contribution is 2.48. The summed E-state index contributed by atoms with van der Waals surface area (Å²) in [5.74, 6) is -4.48. The molecule has 0 saturated heterocycles. The van der Waals surface area contributed by atoms with Crippen LogP contribution in [0.5, 0.6) is 11.5 Å². The lowest BCUT2D eigenvalue weighted by molar-refractivity contribution is -0.0547. The lowest BCUT2D eigenvalue weighted by Gasteiger charge is -2.41. The van der Waals surface area contributed by atoms with E-state index in [1.165, 1.54) is 6.07 Å². The zero-order valence-electron chi connectivity index (χ0n) is 18.4. The molecule has 4 atom stereocenters. The Morgan fingerprint density at radius 1 is 0.941 bits per heavy atom. The smallest absolute Gasteiger partial charge is 0.387 e. The minimum atomic E-state index is -3.42. The summed E-state index contributed by atoms with van der Waals surface area (Å²) in [7, 11) is 0. The number of hydrogen-bond donors (Lipinski definition) is 0.